The Morgan fingerprint density at radius 3 is 2.89 bits per heavy atom. The summed E-state index contributed by atoms with van der Waals surface area (Å²) in [5.41, 5.74) is 7.05. The van der Waals surface area contributed by atoms with Gasteiger partial charge in [-0.2, -0.15) is 0 Å². The van der Waals surface area contributed by atoms with Crippen LogP contribution in [0.4, 0.5) is 5.82 Å². The molecule has 1 fully saturated rings. The number of aryl methyl sites for hydroxylation is 1. The fourth-order valence-corrected chi connectivity index (χ4v) is 2.28. The molecule has 1 aromatic rings. The molecule has 0 amide bonds. The first-order valence-electron chi connectivity index (χ1n) is 6.41. The van der Waals surface area contributed by atoms with Crippen LogP contribution >= 0.6 is 0 Å². The fraction of sp³-hybridized carbons (Fsp3) is 0.538. The molecular weight excluding hydrogens is 244 g/mol. The van der Waals surface area contributed by atoms with Crippen LogP contribution in [0, 0.1) is 12.8 Å². The van der Waals surface area contributed by atoms with E-state index in [-0.39, 0.29) is 11.9 Å². The zero-order chi connectivity index (χ0) is 14.0. The number of aliphatic hydroxyl groups is 1. The maximum atomic E-state index is 9.95. The molecule has 6 nitrogen and oxygen atoms in total. The molecule has 1 saturated heterocycles. The molecule has 0 radical (unpaired) electrons. The molecule has 2 atom stereocenters. The number of aromatic nitrogens is 1. The number of hydrogen-bond acceptors (Lipinski definition) is 5. The van der Waals surface area contributed by atoms with E-state index in [0.29, 0.717) is 18.0 Å². The molecule has 0 saturated carbocycles. The lowest BCUT2D eigenvalue weighted by molar-refractivity contribution is 0.102. The van der Waals surface area contributed by atoms with Crippen molar-refractivity contribution in [1.82, 2.24) is 4.98 Å². The molecule has 1 aliphatic rings. The highest BCUT2D eigenvalue weighted by molar-refractivity contribution is 5.97. The van der Waals surface area contributed by atoms with Crippen LogP contribution < -0.4 is 10.6 Å². The number of β-amino-alcohol motifs (C(OH)–C–C–N with tert-alkyl or cyclic N) is 1. The Labute approximate surface area is 112 Å². The molecule has 0 spiro atoms. The smallest absolute Gasteiger partial charge is 0.170 e. The monoisotopic (exact) mass is 264 g/mol. The van der Waals surface area contributed by atoms with E-state index in [0.717, 1.165) is 24.5 Å². The summed E-state index contributed by atoms with van der Waals surface area (Å²) in [6.07, 6.45) is 0.582. The highest BCUT2D eigenvalue weighted by Gasteiger charge is 2.25. The molecule has 2 rings (SSSR count). The average Bonchev–Trinajstić information content (AvgIpc) is 2.40. The second-order valence-corrected chi connectivity index (χ2v) is 5.12. The summed E-state index contributed by atoms with van der Waals surface area (Å²) < 4.78 is 0. The minimum atomic E-state index is -0.344. The van der Waals surface area contributed by atoms with Gasteiger partial charge < -0.3 is 20.9 Å². The first-order valence-corrected chi connectivity index (χ1v) is 6.41. The summed E-state index contributed by atoms with van der Waals surface area (Å²) in [6.45, 7) is 5.33. The summed E-state index contributed by atoms with van der Waals surface area (Å²) in [5, 5.41) is 21.7. The van der Waals surface area contributed by atoms with Crippen LogP contribution in [0.5, 0.6) is 0 Å². The van der Waals surface area contributed by atoms with Crippen LogP contribution in [0.15, 0.2) is 17.3 Å². The molecular formula is C13H20N4O2. The number of anilines is 1. The minimum absolute atomic E-state index is 0.0673. The molecule has 1 aliphatic heterocycles. The van der Waals surface area contributed by atoms with Crippen molar-refractivity contribution in [3.8, 4) is 0 Å². The molecule has 19 heavy (non-hydrogen) atoms. The lowest BCUT2D eigenvalue weighted by Crippen LogP contribution is -2.43. The molecule has 1 aromatic heterocycles. The Morgan fingerprint density at radius 1 is 1.53 bits per heavy atom. The van der Waals surface area contributed by atoms with Crippen LogP contribution in [-0.4, -0.2) is 40.3 Å². The van der Waals surface area contributed by atoms with Crippen LogP contribution in [0.2, 0.25) is 0 Å². The molecule has 104 valence electrons. The molecule has 0 bridgehead atoms. The number of aliphatic hydroxyl groups excluding tert-OH is 1. The lowest BCUT2D eigenvalue weighted by atomic mass is 9.96. The second kappa shape index (κ2) is 5.44. The van der Waals surface area contributed by atoms with Gasteiger partial charge in [0.15, 0.2) is 5.84 Å². The minimum Gasteiger partial charge on any atom is -0.409 e. The number of nitrogens with two attached hydrogens (primary N) is 1. The van der Waals surface area contributed by atoms with Gasteiger partial charge in [-0.15, -0.1) is 0 Å². The van der Waals surface area contributed by atoms with Gasteiger partial charge in [0.05, 0.1) is 6.10 Å². The van der Waals surface area contributed by atoms with E-state index in [2.05, 4.69) is 10.1 Å². The van der Waals surface area contributed by atoms with Crippen molar-refractivity contribution in [3.05, 3.63) is 23.4 Å². The second-order valence-electron chi connectivity index (χ2n) is 5.12. The number of piperidine rings is 1. The van der Waals surface area contributed by atoms with E-state index in [1.165, 1.54) is 0 Å². The van der Waals surface area contributed by atoms with Crippen molar-refractivity contribution in [2.24, 2.45) is 16.8 Å². The number of nitrogens with zero attached hydrogens (tertiary/aromatic N) is 3. The third-order valence-corrected chi connectivity index (χ3v) is 3.59. The van der Waals surface area contributed by atoms with Gasteiger partial charge in [0.25, 0.3) is 0 Å². The maximum absolute atomic E-state index is 9.95. The van der Waals surface area contributed by atoms with Crippen molar-refractivity contribution in [1.29, 1.82) is 0 Å². The average molecular weight is 264 g/mol. The van der Waals surface area contributed by atoms with Gasteiger partial charge in [0.1, 0.15) is 5.82 Å². The van der Waals surface area contributed by atoms with Gasteiger partial charge in [-0.3, -0.25) is 0 Å². The zero-order valence-electron chi connectivity index (χ0n) is 11.2. The third-order valence-electron chi connectivity index (χ3n) is 3.59. The van der Waals surface area contributed by atoms with Crippen LogP contribution in [-0.2, 0) is 0 Å². The Bertz CT molecular complexity index is 490. The fourth-order valence-electron chi connectivity index (χ4n) is 2.28. The van der Waals surface area contributed by atoms with E-state index < -0.39 is 0 Å². The molecule has 2 heterocycles. The van der Waals surface area contributed by atoms with E-state index in [1.54, 1.807) is 12.1 Å². The maximum Gasteiger partial charge on any atom is 0.170 e. The van der Waals surface area contributed by atoms with Gasteiger partial charge in [-0.1, -0.05) is 12.1 Å². The van der Waals surface area contributed by atoms with Gasteiger partial charge in [-0.05, 0) is 31.4 Å². The largest absolute Gasteiger partial charge is 0.409 e. The Hall–Kier alpha value is -1.82. The summed E-state index contributed by atoms with van der Waals surface area (Å²) >= 11 is 0. The normalized spacial score (nSPS) is 24.6. The van der Waals surface area contributed by atoms with Crippen molar-refractivity contribution in [2.45, 2.75) is 26.4 Å². The third kappa shape index (κ3) is 2.96. The van der Waals surface area contributed by atoms with Crippen molar-refractivity contribution in [2.75, 3.05) is 18.0 Å². The first-order chi connectivity index (χ1) is 9.01. The van der Waals surface area contributed by atoms with Gasteiger partial charge >= 0.3 is 0 Å². The van der Waals surface area contributed by atoms with Crippen molar-refractivity contribution < 1.29 is 10.3 Å². The van der Waals surface area contributed by atoms with Crippen molar-refractivity contribution in [3.63, 3.8) is 0 Å². The highest BCUT2D eigenvalue weighted by Crippen LogP contribution is 2.23. The van der Waals surface area contributed by atoms with Crippen molar-refractivity contribution >= 4 is 11.7 Å². The van der Waals surface area contributed by atoms with Crippen LogP contribution in [0.25, 0.3) is 0 Å². The zero-order valence-corrected chi connectivity index (χ0v) is 11.2. The molecule has 2 unspecified atom stereocenters. The Kier molecular flexibility index (Phi) is 3.90. The lowest BCUT2D eigenvalue weighted by Gasteiger charge is -2.35. The molecule has 4 N–H and O–H groups in total. The quantitative estimate of drug-likeness (QED) is 0.316. The van der Waals surface area contributed by atoms with Gasteiger partial charge in [-0.25, -0.2) is 4.98 Å². The molecule has 0 aliphatic carbocycles. The van der Waals surface area contributed by atoms with E-state index in [4.69, 9.17) is 10.9 Å². The summed E-state index contributed by atoms with van der Waals surface area (Å²) in [7, 11) is 0. The van der Waals surface area contributed by atoms with Gasteiger partial charge in [0, 0.05) is 24.3 Å². The SMILES string of the molecule is Cc1cc(/C(N)=N/O)cc(N2CCC(C)C(O)C2)n1. The topological polar surface area (TPSA) is 95.0 Å². The first kappa shape index (κ1) is 13.6. The standard InChI is InChI=1S/C13H20N4O2/c1-8-3-4-17(7-11(8)18)12-6-10(13(14)16-19)5-9(2)15-12/h5-6,8,11,18-19H,3-4,7H2,1-2H3,(H2,14,16). The number of pyridine rings is 1. The number of amidine groups is 1. The summed E-state index contributed by atoms with van der Waals surface area (Å²) in [5.74, 6) is 1.13. The van der Waals surface area contributed by atoms with E-state index in [9.17, 15) is 5.11 Å². The van der Waals surface area contributed by atoms with Crippen LogP contribution in [0.3, 0.4) is 0 Å². The predicted molar refractivity (Wildman–Crippen MR) is 73.5 cm³/mol. The van der Waals surface area contributed by atoms with Gasteiger partial charge in [0.2, 0.25) is 0 Å². The highest BCUT2D eigenvalue weighted by atomic mass is 16.4. The van der Waals surface area contributed by atoms with Crippen LogP contribution in [0.1, 0.15) is 24.6 Å². The number of oxime groups is 1. The number of rotatable bonds is 2. The Morgan fingerprint density at radius 2 is 2.26 bits per heavy atom. The number of hydrogen-bond donors (Lipinski definition) is 3. The van der Waals surface area contributed by atoms with E-state index in [1.807, 2.05) is 18.7 Å². The van der Waals surface area contributed by atoms with E-state index >= 15 is 0 Å². The summed E-state index contributed by atoms with van der Waals surface area (Å²) in [4.78, 5) is 6.49. The predicted octanol–water partition coefficient (Wildman–Crippen LogP) is 0.692. The summed E-state index contributed by atoms with van der Waals surface area (Å²) in [6, 6.07) is 3.55. The molecule has 0 aromatic carbocycles. The molecule has 6 heteroatoms. The Balaban J connectivity index is 2.27.